The number of hydrogen-bond donors (Lipinski definition) is 1. The van der Waals surface area contributed by atoms with E-state index in [4.69, 9.17) is 0 Å². The topological polar surface area (TPSA) is 75.2 Å². The number of likely N-dealkylation sites (tertiary alicyclic amines) is 1. The van der Waals surface area contributed by atoms with Gasteiger partial charge in [-0.3, -0.25) is 14.5 Å². The van der Waals surface area contributed by atoms with Crippen LogP contribution in [0.4, 0.5) is 5.95 Å². The number of aromatic nitrogens is 2. The molecule has 3 rings (SSSR count). The first-order valence-corrected chi connectivity index (χ1v) is 7.12. The first-order valence-electron chi connectivity index (χ1n) is 7.12. The molecule has 1 saturated heterocycles. The van der Waals surface area contributed by atoms with Crippen LogP contribution in [0.1, 0.15) is 38.5 Å². The summed E-state index contributed by atoms with van der Waals surface area (Å²) in [6.45, 7) is 0. The van der Waals surface area contributed by atoms with Crippen molar-refractivity contribution < 1.29 is 9.59 Å². The normalized spacial score (nSPS) is 26.9. The first kappa shape index (κ1) is 13.0. The predicted molar refractivity (Wildman–Crippen MR) is 72.8 cm³/mol. The molecule has 1 aliphatic carbocycles. The molecule has 0 radical (unpaired) electrons. The third-order valence-corrected chi connectivity index (χ3v) is 4.05. The van der Waals surface area contributed by atoms with E-state index in [2.05, 4.69) is 15.3 Å². The zero-order chi connectivity index (χ0) is 13.9. The molecule has 2 heterocycles. The highest BCUT2D eigenvalue weighted by Gasteiger charge is 2.36. The van der Waals surface area contributed by atoms with Gasteiger partial charge in [-0.15, -0.1) is 0 Å². The Balaban J connectivity index is 1.55. The Labute approximate surface area is 117 Å². The number of carbonyl (C=O) groups is 2. The molecule has 1 aromatic heterocycles. The van der Waals surface area contributed by atoms with Gasteiger partial charge < -0.3 is 5.32 Å². The molecule has 2 aliphatic rings. The predicted octanol–water partition coefficient (Wildman–Crippen LogP) is 1.35. The van der Waals surface area contributed by atoms with Gasteiger partial charge >= 0.3 is 0 Å². The molecule has 0 bridgehead atoms. The zero-order valence-corrected chi connectivity index (χ0v) is 11.3. The van der Waals surface area contributed by atoms with Gasteiger partial charge in [-0.05, 0) is 31.7 Å². The van der Waals surface area contributed by atoms with Crippen molar-refractivity contribution in [3.63, 3.8) is 0 Å². The lowest BCUT2D eigenvalue weighted by Gasteiger charge is -2.33. The molecule has 20 heavy (non-hydrogen) atoms. The number of carbonyl (C=O) groups excluding carboxylic acids is 2. The van der Waals surface area contributed by atoms with E-state index in [0.717, 1.165) is 25.7 Å². The van der Waals surface area contributed by atoms with Crippen LogP contribution in [0.3, 0.4) is 0 Å². The van der Waals surface area contributed by atoms with Crippen molar-refractivity contribution in [2.24, 2.45) is 0 Å². The van der Waals surface area contributed by atoms with Crippen LogP contribution in [-0.4, -0.2) is 38.8 Å². The van der Waals surface area contributed by atoms with E-state index >= 15 is 0 Å². The van der Waals surface area contributed by atoms with Gasteiger partial charge in [-0.25, -0.2) is 9.97 Å². The Kier molecular flexibility index (Phi) is 3.62. The average Bonchev–Trinajstić information content (AvgIpc) is 2.81. The summed E-state index contributed by atoms with van der Waals surface area (Å²) in [4.78, 5) is 33.3. The summed E-state index contributed by atoms with van der Waals surface area (Å²) in [6, 6.07) is 2.20. The SMILES string of the molecule is O=C1CCC(=O)N1C1CCC(Nc2ncccn2)CC1. The second kappa shape index (κ2) is 5.56. The Morgan fingerprint density at radius 3 is 2.20 bits per heavy atom. The van der Waals surface area contributed by atoms with Crippen LogP contribution in [0.5, 0.6) is 0 Å². The lowest BCUT2D eigenvalue weighted by atomic mass is 9.90. The van der Waals surface area contributed by atoms with E-state index in [-0.39, 0.29) is 17.9 Å². The van der Waals surface area contributed by atoms with Crippen molar-refractivity contribution in [1.82, 2.24) is 14.9 Å². The minimum atomic E-state index is -0.00204. The van der Waals surface area contributed by atoms with Crippen LogP contribution < -0.4 is 5.32 Å². The summed E-state index contributed by atoms with van der Waals surface area (Å²) in [7, 11) is 0. The maximum absolute atomic E-state index is 11.7. The lowest BCUT2D eigenvalue weighted by Crippen LogP contribution is -2.43. The average molecular weight is 274 g/mol. The van der Waals surface area contributed by atoms with Gasteiger partial charge in [-0.2, -0.15) is 0 Å². The zero-order valence-electron chi connectivity index (χ0n) is 11.3. The maximum Gasteiger partial charge on any atom is 0.229 e. The molecule has 0 aromatic carbocycles. The van der Waals surface area contributed by atoms with E-state index in [1.54, 1.807) is 18.5 Å². The number of rotatable bonds is 3. The molecule has 2 amide bonds. The van der Waals surface area contributed by atoms with Crippen LogP contribution in [0.25, 0.3) is 0 Å². The van der Waals surface area contributed by atoms with Gasteiger partial charge in [-0.1, -0.05) is 0 Å². The van der Waals surface area contributed by atoms with Gasteiger partial charge in [0.2, 0.25) is 17.8 Å². The molecule has 106 valence electrons. The van der Waals surface area contributed by atoms with Crippen LogP contribution >= 0.6 is 0 Å². The quantitative estimate of drug-likeness (QED) is 0.842. The minimum Gasteiger partial charge on any atom is -0.351 e. The summed E-state index contributed by atoms with van der Waals surface area (Å²) < 4.78 is 0. The standard InChI is InChI=1S/C14H18N4O2/c19-12-6-7-13(20)18(12)11-4-2-10(3-5-11)17-14-15-8-1-9-16-14/h1,8-11H,2-7H2,(H,15,16,17). The number of hydrogen-bond acceptors (Lipinski definition) is 5. The molecule has 6 nitrogen and oxygen atoms in total. The van der Waals surface area contributed by atoms with E-state index in [1.807, 2.05) is 0 Å². The summed E-state index contributed by atoms with van der Waals surface area (Å²) in [6.07, 6.45) is 7.78. The maximum atomic E-state index is 11.7. The van der Waals surface area contributed by atoms with Crippen molar-refractivity contribution in [2.45, 2.75) is 50.6 Å². The summed E-state index contributed by atoms with van der Waals surface area (Å²) >= 11 is 0. The second-order valence-electron chi connectivity index (χ2n) is 5.38. The third kappa shape index (κ3) is 2.64. The largest absolute Gasteiger partial charge is 0.351 e. The van der Waals surface area contributed by atoms with Gasteiger partial charge in [0.05, 0.1) is 0 Å². The smallest absolute Gasteiger partial charge is 0.229 e. The molecule has 0 spiro atoms. The molecule has 1 aromatic rings. The fourth-order valence-corrected chi connectivity index (χ4v) is 3.04. The van der Waals surface area contributed by atoms with Crippen molar-refractivity contribution in [3.8, 4) is 0 Å². The highest BCUT2D eigenvalue weighted by Crippen LogP contribution is 2.28. The van der Waals surface area contributed by atoms with Gasteiger partial charge in [0, 0.05) is 37.3 Å². The number of imide groups is 1. The highest BCUT2D eigenvalue weighted by molar-refractivity contribution is 6.02. The summed E-state index contributed by atoms with van der Waals surface area (Å²) in [5.74, 6) is 0.639. The molecule has 6 heteroatoms. The van der Waals surface area contributed by atoms with Gasteiger partial charge in [0.25, 0.3) is 0 Å². The summed E-state index contributed by atoms with van der Waals surface area (Å²) in [5, 5.41) is 3.30. The third-order valence-electron chi connectivity index (χ3n) is 4.05. The lowest BCUT2D eigenvalue weighted by molar-refractivity contribution is -0.141. The highest BCUT2D eigenvalue weighted by atomic mass is 16.2. The molecule has 1 aliphatic heterocycles. The minimum absolute atomic E-state index is 0.00204. The molecule has 2 fully saturated rings. The van der Waals surface area contributed by atoms with Crippen molar-refractivity contribution in [2.75, 3.05) is 5.32 Å². The Morgan fingerprint density at radius 2 is 1.60 bits per heavy atom. The number of nitrogens with zero attached hydrogens (tertiary/aromatic N) is 3. The molecular weight excluding hydrogens is 256 g/mol. The number of amides is 2. The van der Waals surface area contributed by atoms with Crippen molar-refractivity contribution >= 4 is 17.8 Å². The Morgan fingerprint density at radius 1 is 1.00 bits per heavy atom. The van der Waals surface area contributed by atoms with Gasteiger partial charge in [0.1, 0.15) is 0 Å². The fraction of sp³-hybridized carbons (Fsp3) is 0.571. The summed E-state index contributed by atoms with van der Waals surface area (Å²) in [5.41, 5.74) is 0. The van der Waals surface area contributed by atoms with E-state index in [1.165, 1.54) is 4.90 Å². The van der Waals surface area contributed by atoms with E-state index in [0.29, 0.717) is 24.8 Å². The van der Waals surface area contributed by atoms with Crippen LogP contribution in [-0.2, 0) is 9.59 Å². The molecule has 0 unspecified atom stereocenters. The Hall–Kier alpha value is -1.98. The van der Waals surface area contributed by atoms with Crippen molar-refractivity contribution in [1.29, 1.82) is 0 Å². The van der Waals surface area contributed by atoms with E-state index in [9.17, 15) is 9.59 Å². The van der Waals surface area contributed by atoms with Crippen molar-refractivity contribution in [3.05, 3.63) is 18.5 Å². The van der Waals surface area contributed by atoms with Gasteiger partial charge in [0.15, 0.2) is 0 Å². The first-order chi connectivity index (χ1) is 9.74. The second-order valence-corrected chi connectivity index (χ2v) is 5.38. The van der Waals surface area contributed by atoms with Crippen LogP contribution in [0.2, 0.25) is 0 Å². The molecule has 0 atom stereocenters. The molecule has 1 saturated carbocycles. The number of nitrogens with one attached hydrogen (secondary N) is 1. The van der Waals surface area contributed by atoms with E-state index < -0.39 is 0 Å². The molecular formula is C14H18N4O2. The van der Waals surface area contributed by atoms with Crippen LogP contribution in [0.15, 0.2) is 18.5 Å². The monoisotopic (exact) mass is 274 g/mol. The number of anilines is 1. The van der Waals surface area contributed by atoms with Crippen LogP contribution in [0, 0.1) is 0 Å². The molecule has 1 N–H and O–H groups in total. The fourth-order valence-electron chi connectivity index (χ4n) is 3.04. The Bertz CT molecular complexity index is 481.